The molecule has 4 rings (SSSR count). The Morgan fingerprint density at radius 1 is 1.13 bits per heavy atom. The molecule has 0 radical (unpaired) electrons. The number of allylic oxidation sites excluding steroid dienone is 1. The van der Waals surface area contributed by atoms with Crippen LogP contribution < -0.4 is 0 Å². The predicted octanol–water partition coefficient (Wildman–Crippen LogP) is 3.66. The molecular formula is C25H32N2O4. The highest BCUT2D eigenvalue weighted by Gasteiger charge is 2.54. The fourth-order valence-electron chi connectivity index (χ4n) is 5.34. The van der Waals surface area contributed by atoms with Gasteiger partial charge >= 0.3 is 5.97 Å². The Morgan fingerprint density at radius 3 is 2.58 bits per heavy atom. The number of amides is 2. The summed E-state index contributed by atoms with van der Waals surface area (Å²) in [6, 6.07) is 9.82. The fraction of sp³-hybridized carbons (Fsp3) is 0.560. The molecule has 0 bridgehead atoms. The lowest BCUT2D eigenvalue weighted by Crippen LogP contribution is -2.54. The average Bonchev–Trinajstić information content (AvgIpc) is 3.32. The molecule has 2 aliphatic heterocycles. The highest BCUT2D eigenvalue weighted by molar-refractivity contribution is 5.92. The summed E-state index contributed by atoms with van der Waals surface area (Å²) in [4.78, 5) is 43.4. The van der Waals surface area contributed by atoms with Crippen molar-refractivity contribution in [3.05, 3.63) is 47.7 Å². The molecule has 2 atom stereocenters. The summed E-state index contributed by atoms with van der Waals surface area (Å²) in [7, 11) is 0. The zero-order chi connectivity index (χ0) is 21.8. The second-order valence-electron chi connectivity index (χ2n) is 8.89. The number of benzene rings is 1. The molecule has 2 fully saturated rings. The van der Waals surface area contributed by atoms with Crippen LogP contribution in [0.3, 0.4) is 0 Å². The summed E-state index contributed by atoms with van der Waals surface area (Å²) >= 11 is 0. The third-order valence-corrected chi connectivity index (χ3v) is 6.87. The Labute approximate surface area is 184 Å². The maximum Gasteiger partial charge on any atom is 0.318 e. The number of esters is 1. The number of carbonyl (C=O) groups is 3. The first-order chi connectivity index (χ1) is 15.0. The van der Waals surface area contributed by atoms with E-state index in [4.69, 9.17) is 4.74 Å². The van der Waals surface area contributed by atoms with Crippen LogP contribution in [0.15, 0.2) is 42.1 Å². The fourth-order valence-corrected chi connectivity index (χ4v) is 5.34. The van der Waals surface area contributed by atoms with Gasteiger partial charge in [-0.15, -0.1) is 0 Å². The molecule has 6 nitrogen and oxygen atoms in total. The second kappa shape index (κ2) is 9.25. The van der Waals surface area contributed by atoms with Gasteiger partial charge in [0.05, 0.1) is 13.2 Å². The van der Waals surface area contributed by atoms with E-state index in [0.717, 1.165) is 50.0 Å². The van der Waals surface area contributed by atoms with Crippen LogP contribution in [0.4, 0.5) is 0 Å². The van der Waals surface area contributed by atoms with E-state index < -0.39 is 11.3 Å². The van der Waals surface area contributed by atoms with Crippen LogP contribution in [0.25, 0.3) is 0 Å². The Hall–Kier alpha value is -2.63. The summed E-state index contributed by atoms with van der Waals surface area (Å²) in [5, 5.41) is 0. The van der Waals surface area contributed by atoms with Crippen LogP contribution in [0.2, 0.25) is 0 Å². The summed E-state index contributed by atoms with van der Waals surface area (Å²) in [5.41, 5.74) is 0.940. The van der Waals surface area contributed by atoms with Crippen molar-refractivity contribution in [1.29, 1.82) is 0 Å². The van der Waals surface area contributed by atoms with Crippen LogP contribution in [0, 0.1) is 11.3 Å². The molecule has 31 heavy (non-hydrogen) atoms. The molecule has 3 aliphatic rings. The number of piperidine rings is 1. The largest absolute Gasteiger partial charge is 0.465 e. The molecule has 1 aromatic carbocycles. The maximum atomic E-state index is 13.6. The summed E-state index contributed by atoms with van der Waals surface area (Å²) in [6.07, 6.45) is 6.98. The Bertz CT molecular complexity index is 860. The van der Waals surface area contributed by atoms with Gasteiger partial charge in [0.2, 0.25) is 11.8 Å². The topological polar surface area (TPSA) is 66.9 Å². The van der Waals surface area contributed by atoms with Crippen molar-refractivity contribution < 1.29 is 19.1 Å². The molecule has 2 heterocycles. The molecule has 0 spiro atoms. The molecule has 6 heteroatoms. The smallest absolute Gasteiger partial charge is 0.318 e. The number of carbonyl (C=O) groups excluding carboxylic acids is 3. The first kappa shape index (κ1) is 21.6. The quantitative estimate of drug-likeness (QED) is 0.654. The number of likely N-dealkylation sites (tertiary alicyclic amines) is 2. The summed E-state index contributed by atoms with van der Waals surface area (Å²) in [5.74, 6) is -0.788. The molecule has 0 aromatic heterocycles. The lowest BCUT2D eigenvalue weighted by Gasteiger charge is -2.48. The number of hydrogen-bond donors (Lipinski definition) is 0. The molecule has 166 valence electrons. The standard InChI is InChI=1S/C25H32N2O4/c1-2-31-24(30)25-13-7-6-12-21(25)27(18-19-10-4-3-5-11-19)23(29)20(17-25)16-22(28)26-14-8-9-15-26/h3-5,10-12,20H,2,6-9,13-18H2,1H3/t20-,25+/m1/s1. The van der Waals surface area contributed by atoms with Crippen molar-refractivity contribution in [2.24, 2.45) is 11.3 Å². The van der Waals surface area contributed by atoms with Crippen molar-refractivity contribution in [3.63, 3.8) is 0 Å². The number of ether oxygens (including phenoxy) is 1. The first-order valence-electron chi connectivity index (χ1n) is 11.6. The van der Waals surface area contributed by atoms with Crippen molar-refractivity contribution >= 4 is 17.8 Å². The number of rotatable bonds is 6. The van der Waals surface area contributed by atoms with E-state index in [1.807, 2.05) is 48.2 Å². The van der Waals surface area contributed by atoms with E-state index in [2.05, 4.69) is 0 Å². The number of nitrogens with zero attached hydrogens (tertiary/aromatic N) is 2. The van der Waals surface area contributed by atoms with Gasteiger partial charge in [-0.2, -0.15) is 0 Å². The summed E-state index contributed by atoms with van der Waals surface area (Å²) in [6.45, 7) is 4.05. The number of hydrogen-bond acceptors (Lipinski definition) is 4. The normalized spacial score (nSPS) is 25.8. The van der Waals surface area contributed by atoms with Crippen LogP contribution >= 0.6 is 0 Å². The molecule has 0 N–H and O–H groups in total. The highest BCUT2D eigenvalue weighted by Crippen LogP contribution is 2.50. The first-order valence-corrected chi connectivity index (χ1v) is 11.6. The van der Waals surface area contributed by atoms with Crippen molar-refractivity contribution in [2.75, 3.05) is 19.7 Å². The number of fused-ring (bicyclic) bond motifs is 1. The van der Waals surface area contributed by atoms with Gasteiger partial charge in [0.15, 0.2) is 0 Å². The Morgan fingerprint density at radius 2 is 1.87 bits per heavy atom. The van der Waals surface area contributed by atoms with Gasteiger partial charge in [-0.1, -0.05) is 36.4 Å². The Balaban J connectivity index is 1.67. The molecule has 2 saturated heterocycles. The van der Waals surface area contributed by atoms with Crippen molar-refractivity contribution in [3.8, 4) is 0 Å². The summed E-state index contributed by atoms with van der Waals surface area (Å²) < 4.78 is 5.52. The van der Waals surface area contributed by atoms with Gasteiger partial charge in [-0.05, 0) is 51.0 Å². The monoisotopic (exact) mass is 424 g/mol. The van der Waals surface area contributed by atoms with Crippen molar-refractivity contribution in [2.45, 2.75) is 58.4 Å². The Kier molecular flexibility index (Phi) is 6.44. The molecule has 1 aliphatic carbocycles. The molecular weight excluding hydrogens is 392 g/mol. The van der Waals surface area contributed by atoms with Crippen LogP contribution in [0.5, 0.6) is 0 Å². The van der Waals surface area contributed by atoms with Gasteiger partial charge in [0.25, 0.3) is 0 Å². The minimum absolute atomic E-state index is 0.0257. The minimum Gasteiger partial charge on any atom is -0.465 e. The van der Waals surface area contributed by atoms with Crippen LogP contribution in [-0.2, 0) is 25.7 Å². The molecule has 0 unspecified atom stereocenters. The highest BCUT2D eigenvalue weighted by atomic mass is 16.5. The zero-order valence-corrected chi connectivity index (χ0v) is 18.3. The van der Waals surface area contributed by atoms with Gasteiger partial charge in [-0.3, -0.25) is 14.4 Å². The van der Waals surface area contributed by atoms with E-state index in [1.54, 1.807) is 4.90 Å². The third kappa shape index (κ3) is 4.25. The third-order valence-electron chi connectivity index (χ3n) is 6.87. The lowest BCUT2D eigenvalue weighted by atomic mass is 9.66. The van der Waals surface area contributed by atoms with E-state index in [1.165, 1.54) is 0 Å². The molecule has 2 amide bonds. The van der Waals surface area contributed by atoms with Gasteiger partial charge in [-0.25, -0.2) is 0 Å². The van der Waals surface area contributed by atoms with E-state index >= 15 is 0 Å². The van der Waals surface area contributed by atoms with Gasteiger partial charge in [0, 0.05) is 31.1 Å². The van der Waals surface area contributed by atoms with Crippen LogP contribution in [0.1, 0.15) is 57.4 Å². The van der Waals surface area contributed by atoms with Crippen LogP contribution in [-0.4, -0.2) is 47.3 Å². The zero-order valence-electron chi connectivity index (χ0n) is 18.3. The van der Waals surface area contributed by atoms with Gasteiger partial charge in [0.1, 0.15) is 5.41 Å². The van der Waals surface area contributed by atoms with E-state index in [0.29, 0.717) is 26.0 Å². The van der Waals surface area contributed by atoms with Gasteiger partial charge < -0.3 is 14.5 Å². The van der Waals surface area contributed by atoms with Crippen molar-refractivity contribution in [1.82, 2.24) is 9.80 Å². The van der Waals surface area contributed by atoms with E-state index in [-0.39, 0.29) is 24.2 Å². The predicted molar refractivity (Wildman–Crippen MR) is 117 cm³/mol. The molecule has 0 saturated carbocycles. The second-order valence-corrected chi connectivity index (χ2v) is 8.89. The average molecular weight is 425 g/mol. The SMILES string of the molecule is CCOC(=O)[C@]12CCCC=C1N(Cc1ccccc1)C(=O)[C@H](CC(=O)N1CCCC1)C2. The lowest BCUT2D eigenvalue weighted by molar-refractivity contribution is -0.163. The van der Waals surface area contributed by atoms with E-state index in [9.17, 15) is 14.4 Å². The maximum absolute atomic E-state index is 13.6. The minimum atomic E-state index is -0.840. The molecule has 1 aromatic rings.